The Morgan fingerprint density at radius 1 is 1.08 bits per heavy atom. The van der Waals surface area contributed by atoms with Crippen LogP contribution in [0.15, 0.2) is 54.6 Å². The van der Waals surface area contributed by atoms with E-state index in [0.29, 0.717) is 22.7 Å². The van der Waals surface area contributed by atoms with Gasteiger partial charge in [0.15, 0.2) is 17.2 Å². The molecular formula is C27H28ClN3O6S. The zero-order chi connectivity index (χ0) is 27.1. The molecule has 11 heteroatoms. The first-order chi connectivity index (χ1) is 18.3. The summed E-state index contributed by atoms with van der Waals surface area (Å²) in [4.78, 5) is 36.3. The van der Waals surface area contributed by atoms with Gasteiger partial charge in [0.2, 0.25) is 5.91 Å². The number of hydrogen-bond donors (Lipinski definition) is 5. The molecule has 1 saturated heterocycles. The van der Waals surface area contributed by atoms with Crippen molar-refractivity contribution in [2.24, 2.45) is 5.92 Å². The molecule has 1 atom stereocenters. The smallest absolute Gasteiger partial charge is 0.349 e. The standard InChI is InChI=1S/C27H28ClN3O6S/c28-21-23(37-15-20(32)33)25(27(35)36)38-24(21)18-7-4-8-19(13-18)31-22(17-9-11-29-12-10-17)26(34)30-14-16-5-2-1-3-6-16/h1-8,13,17,22,29,31H,9-12,14-15H2,(H,30,34)(H,32,33)(H,35,36). The summed E-state index contributed by atoms with van der Waals surface area (Å²) in [7, 11) is 0. The molecule has 5 N–H and O–H groups in total. The number of aliphatic carboxylic acids is 1. The van der Waals surface area contributed by atoms with Gasteiger partial charge in [0.05, 0.1) is 4.88 Å². The molecular weight excluding hydrogens is 530 g/mol. The maximum atomic E-state index is 13.3. The number of nitrogens with one attached hydrogen (secondary N) is 3. The van der Waals surface area contributed by atoms with E-state index < -0.39 is 24.6 Å². The van der Waals surface area contributed by atoms with Crippen LogP contribution in [0.1, 0.15) is 28.1 Å². The minimum Gasteiger partial charge on any atom is -0.479 e. The van der Waals surface area contributed by atoms with Crippen molar-refractivity contribution in [3.63, 3.8) is 0 Å². The number of hydrogen-bond acceptors (Lipinski definition) is 7. The number of carboxylic acid groups (broad SMARTS) is 2. The first kappa shape index (κ1) is 27.4. The van der Waals surface area contributed by atoms with Crippen LogP contribution in [0.25, 0.3) is 10.4 Å². The van der Waals surface area contributed by atoms with E-state index in [1.807, 2.05) is 36.4 Å². The van der Waals surface area contributed by atoms with E-state index in [0.717, 1.165) is 42.8 Å². The zero-order valence-electron chi connectivity index (χ0n) is 20.4. The molecule has 200 valence electrons. The highest BCUT2D eigenvalue weighted by molar-refractivity contribution is 7.18. The van der Waals surface area contributed by atoms with Crippen molar-refractivity contribution >= 4 is 46.5 Å². The van der Waals surface area contributed by atoms with Crippen LogP contribution >= 0.6 is 22.9 Å². The number of piperidine rings is 1. The van der Waals surface area contributed by atoms with Crippen LogP contribution in [0, 0.1) is 5.92 Å². The molecule has 1 fully saturated rings. The molecule has 0 radical (unpaired) electrons. The minimum atomic E-state index is -1.26. The van der Waals surface area contributed by atoms with Gasteiger partial charge in [0.1, 0.15) is 11.1 Å². The van der Waals surface area contributed by atoms with Crippen molar-refractivity contribution in [1.82, 2.24) is 10.6 Å². The number of thiophene rings is 1. The Morgan fingerprint density at radius 2 is 1.82 bits per heavy atom. The average molecular weight is 558 g/mol. The van der Waals surface area contributed by atoms with Crippen molar-refractivity contribution in [2.75, 3.05) is 25.0 Å². The molecule has 1 aromatic heterocycles. The summed E-state index contributed by atoms with van der Waals surface area (Å²) >= 11 is 7.36. The summed E-state index contributed by atoms with van der Waals surface area (Å²) in [5.41, 5.74) is 2.30. The monoisotopic (exact) mass is 557 g/mol. The predicted octanol–water partition coefficient (Wildman–Crippen LogP) is 4.33. The van der Waals surface area contributed by atoms with Gasteiger partial charge in [-0.1, -0.05) is 54.1 Å². The van der Waals surface area contributed by atoms with E-state index in [4.69, 9.17) is 21.4 Å². The molecule has 1 aliphatic rings. The van der Waals surface area contributed by atoms with E-state index in [2.05, 4.69) is 16.0 Å². The van der Waals surface area contributed by atoms with Gasteiger partial charge in [-0.25, -0.2) is 9.59 Å². The van der Waals surface area contributed by atoms with E-state index in [1.54, 1.807) is 18.2 Å². The Bertz CT molecular complexity index is 1290. The van der Waals surface area contributed by atoms with Crippen molar-refractivity contribution < 1.29 is 29.3 Å². The first-order valence-corrected chi connectivity index (χ1v) is 13.3. The molecule has 1 unspecified atom stereocenters. The number of halogens is 1. The third-order valence-electron chi connectivity index (χ3n) is 6.24. The number of carbonyl (C=O) groups is 3. The Kier molecular flexibility index (Phi) is 9.22. The van der Waals surface area contributed by atoms with Crippen molar-refractivity contribution in [2.45, 2.75) is 25.4 Å². The van der Waals surface area contributed by atoms with Crippen LogP contribution in [0.3, 0.4) is 0 Å². The second-order valence-electron chi connectivity index (χ2n) is 8.88. The molecule has 0 saturated carbocycles. The number of benzene rings is 2. The minimum absolute atomic E-state index is 0.0290. The summed E-state index contributed by atoms with van der Waals surface area (Å²) in [6.07, 6.45) is 1.69. The number of rotatable bonds is 11. The Hall–Kier alpha value is -3.60. The van der Waals surface area contributed by atoms with E-state index in [1.165, 1.54) is 0 Å². The lowest BCUT2D eigenvalue weighted by molar-refractivity contribution is -0.139. The second kappa shape index (κ2) is 12.8. The number of anilines is 1. The van der Waals surface area contributed by atoms with Gasteiger partial charge >= 0.3 is 11.9 Å². The van der Waals surface area contributed by atoms with E-state index >= 15 is 0 Å². The molecule has 0 spiro atoms. The molecule has 2 aromatic carbocycles. The van der Waals surface area contributed by atoms with Gasteiger partial charge in [-0.3, -0.25) is 4.79 Å². The van der Waals surface area contributed by atoms with Gasteiger partial charge in [0, 0.05) is 12.2 Å². The van der Waals surface area contributed by atoms with Gasteiger partial charge in [0.25, 0.3) is 0 Å². The third-order valence-corrected chi connectivity index (χ3v) is 7.92. The molecule has 9 nitrogen and oxygen atoms in total. The van der Waals surface area contributed by atoms with Crippen molar-refractivity contribution in [3.05, 3.63) is 70.1 Å². The molecule has 0 aliphatic carbocycles. The average Bonchev–Trinajstić information content (AvgIpc) is 3.26. The highest BCUT2D eigenvalue weighted by Crippen LogP contribution is 2.46. The van der Waals surface area contributed by atoms with Gasteiger partial charge < -0.3 is 30.9 Å². The van der Waals surface area contributed by atoms with Crippen LogP contribution in [0.2, 0.25) is 5.02 Å². The fourth-order valence-electron chi connectivity index (χ4n) is 4.39. The SMILES string of the molecule is O=C(O)COc1c(C(=O)O)sc(-c2cccc(NC(C(=O)NCc3ccccc3)C3CCNCC3)c2)c1Cl. The number of amides is 1. The van der Waals surface area contributed by atoms with Crippen LogP contribution in [0.5, 0.6) is 5.75 Å². The summed E-state index contributed by atoms with van der Waals surface area (Å²) in [6, 6.07) is 16.4. The van der Waals surface area contributed by atoms with Crippen LogP contribution in [-0.2, 0) is 16.1 Å². The quantitative estimate of drug-likeness (QED) is 0.235. The fraction of sp³-hybridized carbons (Fsp3) is 0.296. The highest BCUT2D eigenvalue weighted by atomic mass is 35.5. The summed E-state index contributed by atoms with van der Waals surface area (Å²) in [5, 5.41) is 28.3. The molecule has 38 heavy (non-hydrogen) atoms. The van der Waals surface area contributed by atoms with E-state index in [9.17, 15) is 19.5 Å². The van der Waals surface area contributed by atoms with Crippen LogP contribution in [-0.4, -0.2) is 53.8 Å². The molecule has 1 amide bonds. The summed E-state index contributed by atoms with van der Waals surface area (Å²) in [6.45, 7) is 1.37. The Balaban J connectivity index is 1.58. The van der Waals surface area contributed by atoms with Gasteiger partial charge in [-0.15, -0.1) is 11.3 Å². The molecule has 1 aliphatic heterocycles. The summed E-state index contributed by atoms with van der Waals surface area (Å²) in [5.74, 6) is -2.66. The fourth-order valence-corrected chi connectivity index (χ4v) is 5.79. The molecule has 0 bridgehead atoms. The lowest BCUT2D eigenvalue weighted by Gasteiger charge is -2.31. The Morgan fingerprint density at radius 3 is 2.50 bits per heavy atom. The third kappa shape index (κ3) is 6.83. The maximum absolute atomic E-state index is 13.3. The predicted molar refractivity (Wildman–Crippen MR) is 146 cm³/mol. The summed E-state index contributed by atoms with van der Waals surface area (Å²) < 4.78 is 5.19. The molecule has 4 rings (SSSR count). The Labute approximate surface area is 228 Å². The normalized spacial score (nSPS) is 14.4. The number of carbonyl (C=O) groups excluding carboxylic acids is 1. The van der Waals surface area contributed by atoms with Crippen molar-refractivity contribution in [1.29, 1.82) is 0 Å². The van der Waals surface area contributed by atoms with Gasteiger partial charge in [-0.05, 0) is 55.1 Å². The van der Waals surface area contributed by atoms with Crippen LogP contribution < -0.4 is 20.7 Å². The zero-order valence-corrected chi connectivity index (χ0v) is 22.0. The molecule has 3 aromatic rings. The lowest BCUT2D eigenvalue weighted by atomic mass is 9.89. The van der Waals surface area contributed by atoms with E-state index in [-0.39, 0.29) is 27.5 Å². The lowest BCUT2D eigenvalue weighted by Crippen LogP contribution is -2.47. The topological polar surface area (TPSA) is 137 Å². The molecule has 2 heterocycles. The van der Waals surface area contributed by atoms with Gasteiger partial charge in [-0.2, -0.15) is 0 Å². The van der Waals surface area contributed by atoms with Crippen LogP contribution in [0.4, 0.5) is 5.69 Å². The maximum Gasteiger partial charge on any atom is 0.349 e. The largest absolute Gasteiger partial charge is 0.479 e. The van der Waals surface area contributed by atoms with Crippen molar-refractivity contribution in [3.8, 4) is 16.2 Å². The first-order valence-electron chi connectivity index (χ1n) is 12.1. The highest BCUT2D eigenvalue weighted by Gasteiger charge is 2.30. The second-order valence-corrected chi connectivity index (χ2v) is 10.3. The number of ether oxygens (including phenoxy) is 1. The number of carboxylic acids is 2. The number of aromatic carboxylic acids is 1.